The minimum absolute atomic E-state index is 0.118. The van der Waals surface area contributed by atoms with E-state index in [0.717, 1.165) is 60.1 Å². The second-order valence-electron chi connectivity index (χ2n) is 7.96. The van der Waals surface area contributed by atoms with E-state index in [1.807, 2.05) is 29.3 Å². The molecular formula is C22H26N4O3. The maximum atomic E-state index is 12.9. The third-order valence-corrected chi connectivity index (χ3v) is 5.93. The zero-order chi connectivity index (χ0) is 19.6. The van der Waals surface area contributed by atoms with Gasteiger partial charge in [-0.1, -0.05) is 6.07 Å². The lowest BCUT2D eigenvalue weighted by molar-refractivity contribution is -0.131. The second-order valence-corrected chi connectivity index (χ2v) is 7.96. The Labute approximate surface area is 170 Å². The quantitative estimate of drug-likeness (QED) is 0.856. The van der Waals surface area contributed by atoms with Gasteiger partial charge in [0.05, 0.1) is 12.1 Å². The number of nitrogens with zero attached hydrogens (tertiary/aromatic N) is 3. The van der Waals surface area contributed by atoms with Crippen molar-refractivity contribution in [3.05, 3.63) is 47.0 Å². The largest absolute Gasteiger partial charge is 0.486 e. The highest BCUT2D eigenvalue weighted by molar-refractivity contribution is 5.79. The number of ether oxygens (including phenoxy) is 2. The fraction of sp³-hybridized carbons (Fsp3) is 0.500. The van der Waals surface area contributed by atoms with E-state index < -0.39 is 0 Å². The van der Waals surface area contributed by atoms with E-state index in [0.29, 0.717) is 38.6 Å². The van der Waals surface area contributed by atoms with Crippen LogP contribution in [0, 0.1) is 0 Å². The molecule has 0 aliphatic carbocycles. The number of aromatic nitrogens is 2. The van der Waals surface area contributed by atoms with Gasteiger partial charge in [0.1, 0.15) is 19.0 Å². The van der Waals surface area contributed by atoms with Crippen molar-refractivity contribution in [1.29, 1.82) is 0 Å². The van der Waals surface area contributed by atoms with Crippen molar-refractivity contribution in [2.75, 3.05) is 32.8 Å². The standard InChI is InChI=1S/C22H26N4O3/c27-21(11-15-3-4-19-20(10-15)29-9-8-28-19)26-7-5-18-17(14-26)13-24-22(25-18)16-2-1-6-23-12-16/h3-4,10,13,16,23H,1-2,5-9,11-12,14H2. The molecule has 7 nitrogen and oxygen atoms in total. The SMILES string of the molecule is O=C(Cc1ccc2c(c1)OCCO2)N1CCc2nc(C3CCCNC3)ncc2C1. The Bertz CT molecular complexity index is 911. The minimum Gasteiger partial charge on any atom is -0.486 e. The van der Waals surface area contributed by atoms with E-state index >= 15 is 0 Å². The average molecular weight is 394 g/mol. The summed E-state index contributed by atoms with van der Waals surface area (Å²) in [6, 6.07) is 5.74. The summed E-state index contributed by atoms with van der Waals surface area (Å²) in [5.41, 5.74) is 3.12. The minimum atomic E-state index is 0.118. The number of nitrogens with one attached hydrogen (secondary N) is 1. The van der Waals surface area contributed by atoms with Crippen LogP contribution in [0.1, 0.15) is 41.4 Å². The molecule has 1 N–H and O–H groups in total. The van der Waals surface area contributed by atoms with Gasteiger partial charge in [-0.2, -0.15) is 0 Å². The van der Waals surface area contributed by atoms with Gasteiger partial charge in [0.2, 0.25) is 5.91 Å². The third-order valence-electron chi connectivity index (χ3n) is 5.93. The molecule has 2 aromatic rings. The van der Waals surface area contributed by atoms with E-state index in [1.54, 1.807) is 0 Å². The highest BCUT2D eigenvalue weighted by Gasteiger charge is 2.25. The monoisotopic (exact) mass is 394 g/mol. The van der Waals surface area contributed by atoms with Crippen molar-refractivity contribution in [2.24, 2.45) is 0 Å². The van der Waals surface area contributed by atoms with Crippen LogP contribution in [0.5, 0.6) is 11.5 Å². The van der Waals surface area contributed by atoms with E-state index in [2.05, 4.69) is 10.3 Å². The summed E-state index contributed by atoms with van der Waals surface area (Å²) in [5, 5.41) is 3.43. The van der Waals surface area contributed by atoms with E-state index in [1.165, 1.54) is 6.42 Å². The first-order valence-corrected chi connectivity index (χ1v) is 10.5. The van der Waals surface area contributed by atoms with Crippen molar-refractivity contribution >= 4 is 5.91 Å². The Balaban J connectivity index is 1.25. The average Bonchev–Trinajstić information content (AvgIpc) is 2.79. The van der Waals surface area contributed by atoms with E-state index in [9.17, 15) is 4.79 Å². The van der Waals surface area contributed by atoms with Gasteiger partial charge >= 0.3 is 0 Å². The zero-order valence-corrected chi connectivity index (χ0v) is 16.5. The molecule has 1 aromatic carbocycles. The summed E-state index contributed by atoms with van der Waals surface area (Å²) in [6.45, 7) is 4.45. The molecule has 1 unspecified atom stereocenters. The molecular weight excluding hydrogens is 368 g/mol. The number of amides is 1. The van der Waals surface area contributed by atoms with Gasteiger partial charge < -0.3 is 19.7 Å². The van der Waals surface area contributed by atoms with Crippen molar-refractivity contribution in [3.8, 4) is 11.5 Å². The number of hydrogen-bond acceptors (Lipinski definition) is 6. The van der Waals surface area contributed by atoms with Crippen LogP contribution in [-0.4, -0.2) is 53.6 Å². The lowest BCUT2D eigenvalue weighted by Crippen LogP contribution is -2.38. The van der Waals surface area contributed by atoms with Crippen LogP contribution in [0.2, 0.25) is 0 Å². The number of benzene rings is 1. The van der Waals surface area contributed by atoms with Gasteiger partial charge in [-0.3, -0.25) is 4.79 Å². The first-order chi connectivity index (χ1) is 14.3. The van der Waals surface area contributed by atoms with Gasteiger partial charge in [0.15, 0.2) is 11.5 Å². The Hall–Kier alpha value is -2.67. The summed E-state index contributed by atoms with van der Waals surface area (Å²) in [6.07, 6.45) is 5.39. The molecule has 1 fully saturated rings. The third kappa shape index (κ3) is 3.92. The lowest BCUT2D eigenvalue weighted by atomic mass is 9.98. The molecule has 3 aliphatic rings. The Morgan fingerprint density at radius 1 is 1.24 bits per heavy atom. The molecule has 3 aliphatic heterocycles. The normalized spacial score (nSPS) is 20.8. The van der Waals surface area contributed by atoms with Crippen molar-refractivity contribution in [3.63, 3.8) is 0 Å². The van der Waals surface area contributed by atoms with Gasteiger partial charge in [0.25, 0.3) is 0 Å². The second kappa shape index (κ2) is 7.99. The summed E-state index contributed by atoms with van der Waals surface area (Å²) in [4.78, 5) is 24.2. The van der Waals surface area contributed by atoms with Crippen LogP contribution in [-0.2, 0) is 24.2 Å². The molecule has 5 rings (SSSR count). The molecule has 0 saturated carbocycles. The number of carbonyl (C=O) groups excluding carboxylic acids is 1. The summed E-state index contributed by atoms with van der Waals surface area (Å²) < 4.78 is 11.2. The van der Waals surface area contributed by atoms with Crippen molar-refractivity contribution in [2.45, 2.75) is 38.1 Å². The maximum absolute atomic E-state index is 12.9. The molecule has 0 spiro atoms. The molecule has 1 saturated heterocycles. The molecule has 1 atom stereocenters. The molecule has 1 amide bonds. The first-order valence-electron chi connectivity index (χ1n) is 10.5. The molecule has 4 heterocycles. The molecule has 0 radical (unpaired) electrons. The smallest absolute Gasteiger partial charge is 0.227 e. The van der Waals surface area contributed by atoms with Crippen LogP contribution in [0.25, 0.3) is 0 Å². The number of hydrogen-bond donors (Lipinski definition) is 1. The molecule has 152 valence electrons. The van der Waals surface area contributed by atoms with Gasteiger partial charge in [-0.15, -0.1) is 0 Å². The van der Waals surface area contributed by atoms with Gasteiger partial charge in [-0.05, 0) is 37.1 Å². The Morgan fingerprint density at radius 3 is 3.00 bits per heavy atom. The maximum Gasteiger partial charge on any atom is 0.227 e. The van der Waals surface area contributed by atoms with Crippen LogP contribution in [0.3, 0.4) is 0 Å². The number of rotatable bonds is 3. The first kappa shape index (κ1) is 18.4. The lowest BCUT2D eigenvalue weighted by Gasteiger charge is -2.29. The van der Waals surface area contributed by atoms with Crippen molar-refractivity contribution < 1.29 is 14.3 Å². The summed E-state index contributed by atoms with van der Waals surface area (Å²) in [5.74, 6) is 2.95. The number of piperidine rings is 1. The predicted octanol–water partition coefficient (Wildman–Crippen LogP) is 1.84. The van der Waals surface area contributed by atoms with Crippen LogP contribution in [0.15, 0.2) is 24.4 Å². The van der Waals surface area contributed by atoms with Crippen LogP contribution in [0.4, 0.5) is 0 Å². The topological polar surface area (TPSA) is 76.6 Å². The van der Waals surface area contributed by atoms with Crippen LogP contribution >= 0.6 is 0 Å². The molecule has 1 aromatic heterocycles. The summed E-state index contributed by atoms with van der Waals surface area (Å²) >= 11 is 0. The van der Waals surface area contributed by atoms with E-state index in [4.69, 9.17) is 14.5 Å². The molecule has 29 heavy (non-hydrogen) atoms. The van der Waals surface area contributed by atoms with E-state index in [-0.39, 0.29) is 5.91 Å². The number of carbonyl (C=O) groups is 1. The fourth-order valence-corrected chi connectivity index (χ4v) is 4.30. The zero-order valence-electron chi connectivity index (χ0n) is 16.5. The Kier molecular flexibility index (Phi) is 5.06. The van der Waals surface area contributed by atoms with Gasteiger partial charge in [0, 0.05) is 43.7 Å². The molecule has 0 bridgehead atoms. The van der Waals surface area contributed by atoms with Crippen molar-refractivity contribution in [1.82, 2.24) is 20.2 Å². The Morgan fingerprint density at radius 2 is 2.14 bits per heavy atom. The van der Waals surface area contributed by atoms with Crippen LogP contribution < -0.4 is 14.8 Å². The highest BCUT2D eigenvalue weighted by atomic mass is 16.6. The van der Waals surface area contributed by atoms with Gasteiger partial charge in [-0.25, -0.2) is 9.97 Å². The summed E-state index contributed by atoms with van der Waals surface area (Å²) in [7, 11) is 0. The fourth-order valence-electron chi connectivity index (χ4n) is 4.30. The number of fused-ring (bicyclic) bond motifs is 2. The predicted molar refractivity (Wildman–Crippen MR) is 107 cm³/mol. The highest BCUT2D eigenvalue weighted by Crippen LogP contribution is 2.31. The molecule has 7 heteroatoms.